The first-order chi connectivity index (χ1) is 9.24. The van der Waals surface area contributed by atoms with Crippen LogP contribution >= 0.6 is 11.3 Å². The Kier molecular flexibility index (Phi) is 5.16. The Balaban J connectivity index is 2.02. The first-order valence-electron chi connectivity index (χ1n) is 7.00. The molecule has 2 rings (SSSR count). The summed E-state index contributed by atoms with van der Waals surface area (Å²) < 4.78 is 0. The molecule has 2 heterocycles. The lowest BCUT2D eigenvalue weighted by atomic mass is 10.1. The van der Waals surface area contributed by atoms with Crippen LogP contribution in [0, 0.1) is 0 Å². The first kappa shape index (κ1) is 14.3. The van der Waals surface area contributed by atoms with E-state index in [1.54, 1.807) is 17.4 Å². The molecule has 2 unspecified atom stereocenters. The molecule has 0 radical (unpaired) electrons. The lowest BCUT2D eigenvalue weighted by Crippen LogP contribution is -2.57. The molecule has 1 aliphatic heterocycles. The average Bonchev–Trinajstić information content (AvgIpc) is 2.97. The van der Waals surface area contributed by atoms with Crippen LogP contribution in [0.4, 0.5) is 0 Å². The van der Waals surface area contributed by atoms with Crippen molar-refractivity contribution in [3.05, 3.63) is 28.5 Å². The first-order valence-corrected chi connectivity index (χ1v) is 7.88. The molecule has 1 aromatic heterocycles. The van der Waals surface area contributed by atoms with E-state index in [1.807, 2.05) is 28.5 Å². The molecule has 19 heavy (non-hydrogen) atoms. The second kappa shape index (κ2) is 6.87. The fraction of sp³-hybridized carbons (Fsp3) is 0.533. The third-order valence-electron chi connectivity index (χ3n) is 3.68. The zero-order chi connectivity index (χ0) is 13.7. The minimum Gasteiger partial charge on any atom is -0.333 e. The van der Waals surface area contributed by atoms with Crippen LogP contribution in [0.25, 0.3) is 6.08 Å². The highest BCUT2D eigenvalue weighted by atomic mass is 32.1. The molecule has 4 heteroatoms. The van der Waals surface area contributed by atoms with Crippen LogP contribution in [0.15, 0.2) is 23.6 Å². The van der Waals surface area contributed by atoms with Gasteiger partial charge in [-0.1, -0.05) is 19.9 Å². The molecule has 2 atom stereocenters. The third-order valence-corrected chi connectivity index (χ3v) is 4.52. The van der Waals surface area contributed by atoms with Crippen molar-refractivity contribution in [2.75, 3.05) is 13.1 Å². The number of carbonyl (C=O) groups is 1. The van der Waals surface area contributed by atoms with Gasteiger partial charge in [0.1, 0.15) is 0 Å². The van der Waals surface area contributed by atoms with E-state index in [1.165, 1.54) is 0 Å². The summed E-state index contributed by atoms with van der Waals surface area (Å²) in [6, 6.07) is 4.78. The SMILES string of the molecule is CCC1CN(C(=O)C=Cc2cccs2)C(CC)CN1. The summed E-state index contributed by atoms with van der Waals surface area (Å²) in [4.78, 5) is 15.5. The molecule has 0 spiro atoms. The van der Waals surface area contributed by atoms with Gasteiger partial charge >= 0.3 is 0 Å². The topological polar surface area (TPSA) is 32.3 Å². The Morgan fingerprint density at radius 3 is 3.00 bits per heavy atom. The van der Waals surface area contributed by atoms with Crippen molar-refractivity contribution < 1.29 is 4.79 Å². The molecule has 1 aliphatic rings. The fourth-order valence-electron chi connectivity index (χ4n) is 2.41. The van der Waals surface area contributed by atoms with Crippen LogP contribution in [-0.4, -0.2) is 36.0 Å². The Labute approximate surface area is 119 Å². The number of hydrogen-bond acceptors (Lipinski definition) is 3. The van der Waals surface area contributed by atoms with Gasteiger partial charge in [0.2, 0.25) is 5.91 Å². The van der Waals surface area contributed by atoms with Crippen LogP contribution < -0.4 is 5.32 Å². The predicted molar refractivity (Wildman–Crippen MR) is 81.2 cm³/mol. The highest BCUT2D eigenvalue weighted by molar-refractivity contribution is 7.10. The van der Waals surface area contributed by atoms with Crippen LogP contribution in [0.1, 0.15) is 31.6 Å². The molecule has 0 aliphatic carbocycles. The van der Waals surface area contributed by atoms with E-state index in [2.05, 4.69) is 19.2 Å². The van der Waals surface area contributed by atoms with Gasteiger partial charge in [-0.2, -0.15) is 0 Å². The summed E-state index contributed by atoms with van der Waals surface area (Å²) in [5.41, 5.74) is 0. The summed E-state index contributed by atoms with van der Waals surface area (Å²) >= 11 is 1.65. The van der Waals surface area contributed by atoms with E-state index in [0.29, 0.717) is 12.1 Å². The van der Waals surface area contributed by atoms with Crippen LogP contribution in [0.3, 0.4) is 0 Å². The van der Waals surface area contributed by atoms with Gasteiger partial charge < -0.3 is 10.2 Å². The summed E-state index contributed by atoms with van der Waals surface area (Å²) in [5, 5.41) is 5.53. The normalized spacial score (nSPS) is 24.0. The Morgan fingerprint density at radius 2 is 2.37 bits per heavy atom. The molecule has 3 nitrogen and oxygen atoms in total. The quantitative estimate of drug-likeness (QED) is 0.859. The lowest BCUT2D eigenvalue weighted by molar-refractivity contribution is -0.129. The summed E-state index contributed by atoms with van der Waals surface area (Å²) in [6.07, 6.45) is 5.70. The molecule has 1 saturated heterocycles. The largest absolute Gasteiger partial charge is 0.333 e. The summed E-state index contributed by atoms with van der Waals surface area (Å²) in [7, 11) is 0. The van der Waals surface area contributed by atoms with Gasteiger partial charge in [0.15, 0.2) is 0 Å². The molecule has 1 amide bonds. The van der Waals surface area contributed by atoms with Crippen molar-refractivity contribution in [1.82, 2.24) is 10.2 Å². The Bertz CT molecular complexity index is 427. The van der Waals surface area contributed by atoms with Gasteiger partial charge in [0.05, 0.1) is 0 Å². The smallest absolute Gasteiger partial charge is 0.246 e. The molecular formula is C15H22N2OS. The van der Waals surface area contributed by atoms with Gasteiger partial charge in [-0.3, -0.25) is 4.79 Å². The van der Waals surface area contributed by atoms with Crippen molar-refractivity contribution in [1.29, 1.82) is 0 Å². The molecule has 104 valence electrons. The minimum absolute atomic E-state index is 0.139. The summed E-state index contributed by atoms with van der Waals surface area (Å²) in [5.74, 6) is 0.139. The average molecular weight is 278 g/mol. The van der Waals surface area contributed by atoms with Crippen molar-refractivity contribution in [3.8, 4) is 0 Å². The van der Waals surface area contributed by atoms with E-state index in [0.717, 1.165) is 30.8 Å². The fourth-order valence-corrected chi connectivity index (χ4v) is 3.03. The van der Waals surface area contributed by atoms with E-state index in [9.17, 15) is 4.79 Å². The maximum atomic E-state index is 12.3. The predicted octanol–water partition coefficient (Wildman–Crippen LogP) is 2.75. The van der Waals surface area contributed by atoms with E-state index >= 15 is 0 Å². The number of carbonyl (C=O) groups excluding carboxylic acids is 1. The zero-order valence-corrected chi connectivity index (χ0v) is 12.5. The van der Waals surface area contributed by atoms with Crippen LogP contribution in [0.5, 0.6) is 0 Å². The standard InChI is InChI=1S/C15H22N2OS/c1-3-12-11-17(13(4-2)10-16-12)15(18)8-7-14-6-5-9-19-14/h5-9,12-13,16H,3-4,10-11H2,1-2H3. The van der Waals surface area contributed by atoms with E-state index in [-0.39, 0.29) is 5.91 Å². The maximum Gasteiger partial charge on any atom is 0.246 e. The van der Waals surface area contributed by atoms with Crippen LogP contribution in [-0.2, 0) is 4.79 Å². The zero-order valence-electron chi connectivity index (χ0n) is 11.6. The minimum atomic E-state index is 0.139. The Morgan fingerprint density at radius 1 is 1.53 bits per heavy atom. The number of rotatable bonds is 4. The summed E-state index contributed by atoms with van der Waals surface area (Å²) in [6.45, 7) is 6.03. The van der Waals surface area contributed by atoms with Gasteiger partial charge in [-0.05, 0) is 30.4 Å². The van der Waals surface area contributed by atoms with Crippen molar-refractivity contribution in [3.63, 3.8) is 0 Å². The van der Waals surface area contributed by atoms with Crippen molar-refractivity contribution in [2.45, 2.75) is 38.8 Å². The van der Waals surface area contributed by atoms with Gasteiger partial charge in [0, 0.05) is 36.1 Å². The number of amides is 1. The molecular weight excluding hydrogens is 256 g/mol. The number of nitrogens with one attached hydrogen (secondary N) is 1. The third kappa shape index (κ3) is 3.67. The van der Waals surface area contributed by atoms with E-state index < -0.39 is 0 Å². The number of hydrogen-bond donors (Lipinski definition) is 1. The van der Waals surface area contributed by atoms with E-state index in [4.69, 9.17) is 0 Å². The number of nitrogens with zero attached hydrogens (tertiary/aromatic N) is 1. The maximum absolute atomic E-state index is 12.3. The molecule has 1 aromatic rings. The van der Waals surface area contributed by atoms with Gasteiger partial charge in [0.25, 0.3) is 0 Å². The molecule has 0 saturated carbocycles. The second-order valence-corrected chi connectivity index (χ2v) is 5.89. The van der Waals surface area contributed by atoms with Crippen LogP contribution in [0.2, 0.25) is 0 Å². The molecule has 0 aromatic carbocycles. The molecule has 1 N–H and O–H groups in total. The molecule has 1 fully saturated rings. The van der Waals surface area contributed by atoms with Gasteiger partial charge in [-0.15, -0.1) is 11.3 Å². The lowest BCUT2D eigenvalue weighted by Gasteiger charge is -2.39. The highest BCUT2D eigenvalue weighted by Gasteiger charge is 2.28. The van der Waals surface area contributed by atoms with Crippen molar-refractivity contribution >= 4 is 23.3 Å². The second-order valence-electron chi connectivity index (χ2n) is 4.91. The highest BCUT2D eigenvalue weighted by Crippen LogP contribution is 2.15. The van der Waals surface area contributed by atoms with Crippen molar-refractivity contribution in [2.24, 2.45) is 0 Å². The monoisotopic (exact) mass is 278 g/mol. The van der Waals surface area contributed by atoms with Gasteiger partial charge in [-0.25, -0.2) is 0 Å². The number of thiophene rings is 1. The number of piperazine rings is 1. The molecule has 0 bridgehead atoms. The Hall–Kier alpha value is -1.13.